The Morgan fingerprint density at radius 2 is 1.97 bits per heavy atom. The SMILES string of the molecule is O=C(c1cccc(-c2cnc3[nH]nc(-c4cnccc4Cl)c3c2)c1)N1CCOCC1. The Kier molecular flexibility index (Phi) is 4.90. The monoisotopic (exact) mass is 419 g/mol. The summed E-state index contributed by atoms with van der Waals surface area (Å²) in [4.78, 5) is 23.3. The minimum Gasteiger partial charge on any atom is -0.378 e. The van der Waals surface area contributed by atoms with Gasteiger partial charge in [-0.3, -0.25) is 14.9 Å². The van der Waals surface area contributed by atoms with Gasteiger partial charge >= 0.3 is 0 Å². The van der Waals surface area contributed by atoms with Crippen LogP contribution in [-0.2, 0) is 4.74 Å². The van der Waals surface area contributed by atoms with E-state index < -0.39 is 0 Å². The summed E-state index contributed by atoms with van der Waals surface area (Å²) in [6.07, 6.45) is 5.10. The molecular formula is C22H18ClN5O2. The molecule has 0 bridgehead atoms. The summed E-state index contributed by atoms with van der Waals surface area (Å²) < 4.78 is 5.34. The van der Waals surface area contributed by atoms with Crippen LogP contribution in [0.15, 0.2) is 55.0 Å². The molecular weight excluding hydrogens is 402 g/mol. The molecule has 4 heterocycles. The Labute approximate surface area is 177 Å². The average molecular weight is 420 g/mol. The Hall–Kier alpha value is -3.29. The van der Waals surface area contributed by atoms with E-state index in [1.807, 2.05) is 35.2 Å². The number of fused-ring (bicyclic) bond motifs is 1. The zero-order chi connectivity index (χ0) is 20.5. The predicted octanol–water partition coefficient (Wildman–Crippen LogP) is 3.81. The smallest absolute Gasteiger partial charge is 0.254 e. The van der Waals surface area contributed by atoms with Crippen LogP contribution in [0.25, 0.3) is 33.4 Å². The molecule has 1 fully saturated rings. The minimum absolute atomic E-state index is 0.0142. The molecule has 1 saturated heterocycles. The highest BCUT2D eigenvalue weighted by Gasteiger charge is 2.19. The van der Waals surface area contributed by atoms with Crippen molar-refractivity contribution < 1.29 is 9.53 Å². The van der Waals surface area contributed by atoms with Crippen LogP contribution < -0.4 is 0 Å². The first kappa shape index (κ1) is 18.7. The molecule has 0 unspecified atom stereocenters. The molecule has 0 saturated carbocycles. The van der Waals surface area contributed by atoms with Crippen LogP contribution in [0.5, 0.6) is 0 Å². The Morgan fingerprint density at radius 1 is 1.10 bits per heavy atom. The van der Waals surface area contributed by atoms with Crippen molar-refractivity contribution in [1.82, 2.24) is 25.1 Å². The molecule has 0 aliphatic carbocycles. The summed E-state index contributed by atoms with van der Waals surface area (Å²) in [5, 5.41) is 8.74. The van der Waals surface area contributed by atoms with Crippen LogP contribution in [0.3, 0.4) is 0 Å². The van der Waals surface area contributed by atoms with Gasteiger partial charge in [0.25, 0.3) is 5.91 Å². The number of halogens is 1. The molecule has 4 aromatic rings. The number of ether oxygens (including phenoxy) is 1. The molecule has 0 atom stereocenters. The number of aromatic amines is 1. The second-order valence-corrected chi connectivity index (χ2v) is 7.44. The molecule has 1 amide bonds. The van der Waals surface area contributed by atoms with E-state index >= 15 is 0 Å². The van der Waals surface area contributed by atoms with Gasteiger partial charge in [-0.2, -0.15) is 5.10 Å². The van der Waals surface area contributed by atoms with Crippen molar-refractivity contribution >= 4 is 28.5 Å². The van der Waals surface area contributed by atoms with E-state index in [1.54, 1.807) is 24.7 Å². The minimum atomic E-state index is 0.0142. The molecule has 30 heavy (non-hydrogen) atoms. The highest BCUT2D eigenvalue weighted by atomic mass is 35.5. The van der Waals surface area contributed by atoms with Crippen LogP contribution in [-0.4, -0.2) is 57.3 Å². The number of nitrogens with one attached hydrogen (secondary N) is 1. The molecule has 0 radical (unpaired) electrons. The van der Waals surface area contributed by atoms with Crippen LogP contribution >= 0.6 is 11.6 Å². The number of hydrogen-bond donors (Lipinski definition) is 1. The van der Waals surface area contributed by atoms with Gasteiger partial charge < -0.3 is 9.64 Å². The normalized spacial score (nSPS) is 14.2. The molecule has 1 N–H and O–H groups in total. The lowest BCUT2D eigenvalue weighted by Crippen LogP contribution is -2.40. The standard InChI is InChI=1S/C22H18ClN5O2/c23-19-4-5-24-13-18(19)20-17-11-16(12-25-21(17)27-26-20)14-2-1-3-15(10-14)22(29)28-6-8-30-9-7-28/h1-5,10-13H,6-9H2,(H,25,26,27). The van der Waals surface area contributed by atoms with Crippen molar-refractivity contribution in [1.29, 1.82) is 0 Å². The summed E-state index contributed by atoms with van der Waals surface area (Å²) in [7, 11) is 0. The second kappa shape index (κ2) is 7.85. The van der Waals surface area contributed by atoms with E-state index in [0.717, 1.165) is 22.1 Å². The first-order valence-electron chi connectivity index (χ1n) is 9.62. The van der Waals surface area contributed by atoms with Crippen molar-refractivity contribution in [3.63, 3.8) is 0 Å². The van der Waals surface area contributed by atoms with Crippen molar-refractivity contribution in [2.45, 2.75) is 0 Å². The third-order valence-electron chi connectivity index (χ3n) is 5.18. The number of pyridine rings is 2. The van der Waals surface area contributed by atoms with E-state index in [1.165, 1.54) is 0 Å². The molecule has 8 heteroatoms. The van der Waals surface area contributed by atoms with Gasteiger partial charge in [0.15, 0.2) is 5.65 Å². The number of nitrogens with zero attached hydrogens (tertiary/aromatic N) is 4. The van der Waals surface area contributed by atoms with Crippen LogP contribution in [0.2, 0.25) is 5.02 Å². The fourth-order valence-electron chi connectivity index (χ4n) is 3.60. The first-order valence-corrected chi connectivity index (χ1v) is 10.00. The lowest BCUT2D eigenvalue weighted by atomic mass is 10.0. The molecule has 1 aliphatic heterocycles. The van der Waals surface area contributed by atoms with Gasteiger partial charge in [0.2, 0.25) is 0 Å². The number of hydrogen-bond acceptors (Lipinski definition) is 5. The largest absolute Gasteiger partial charge is 0.378 e. The summed E-state index contributed by atoms with van der Waals surface area (Å²) in [6, 6.07) is 11.3. The summed E-state index contributed by atoms with van der Waals surface area (Å²) >= 11 is 6.34. The zero-order valence-corrected chi connectivity index (χ0v) is 16.8. The quantitative estimate of drug-likeness (QED) is 0.545. The highest BCUT2D eigenvalue weighted by molar-refractivity contribution is 6.33. The van der Waals surface area contributed by atoms with E-state index in [4.69, 9.17) is 16.3 Å². The van der Waals surface area contributed by atoms with Crippen molar-refractivity contribution in [3.05, 3.63) is 65.6 Å². The van der Waals surface area contributed by atoms with Crippen molar-refractivity contribution in [2.24, 2.45) is 0 Å². The van der Waals surface area contributed by atoms with Gasteiger partial charge in [0, 0.05) is 53.8 Å². The number of carbonyl (C=O) groups excluding carboxylic acids is 1. The van der Waals surface area contributed by atoms with E-state index in [-0.39, 0.29) is 5.91 Å². The van der Waals surface area contributed by atoms with Crippen LogP contribution in [0.4, 0.5) is 0 Å². The number of benzene rings is 1. The topological polar surface area (TPSA) is 84.0 Å². The fraction of sp³-hybridized carbons (Fsp3) is 0.182. The number of H-pyrrole nitrogens is 1. The number of amides is 1. The molecule has 1 aliphatic rings. The lowest BCUT2D eigenvalue weighted by Gasteiger charge is -2.27. The molecule has 0 spiro atoms. The fourth-order valence-corrected chi connectivity index (χ4v) is 3.79. The summed E-state index contributed by atoms with van der Waals surface area (Å²) in [5.41, 5.74) is 4.54. The van der Waals surface area contributed by atoms with Gasteiger partial charge in [-0.05, 0) is 29.8 Å². The van der Waals surface area contributed by atoms with E-state index in [2.05, 4.69) is 20.2 Å². The van der Waals surface area contributed by atoms with E-state index in [0.29, 0.717) is 48.2 Å². The van der Waals surface area contributed by atoms with Gasteiger partial charge in [-0.1, -0.05) is 23.7 Å². The van der Waals surface area contributed by atoms with Gasteiger partial charge in [-0.25, -0.2) is 4.98 Å². The number of morpholine rings is 1. The van der Waals surface area contributed by atoms with Crippen molar-refractivity contribution in [2.75, 3.05) is 26.3 Å². The first-order chi connectivity index (χ1) is 14.7. The second-order valence-electron chi connectivity index (χ2n) is 7.03. The third kappa shape index (κ3) is 3.42. The Bertz CT molecular complexity index is 1230. The number of rotatable bonds is 3. The van der Waals surface area contributed by atoms with Gasteiger partial charge in [-0.15, -0.1) is 0 Å². The highest BCUT2D eigenvalue weighted by Crippen LogP contribution is 2.32. The molecule has 5 rings (SSSR count). The maximum Gasteiger partial charge on any atom is 0.254 e. The van der Waals surface area contributed by atoms with Crippen LogP contribution in [0.1, 0.15) is 10.4 Å². The molecule has 3 aromatic heterocycles. The number of aromatic nitrogens is 4. The number of carbonyl (C=O) groups is 1. The van der Waals surface area contributed by atoms with Crippen molar-refractivity contribution in [3.8, 4) is 22.4 Å². The van der Waals surface area contributed by atoms with Crippen LogP contribution in [0, 0.1) is 0 Å². The molecule has 150 valence electrons. The third-order valence-corrected chi connectivity index (χ3v) is 5.51. The van der Waals surface area contributed by atoms with Gasteiger partial charge in [0.05, 0.1) is 18.2 Å². The van der Waals surface area contributed by atoms with E-state index in [9.17, 15) is 4.79 Å². The maximum atomic E-state index is 12.8. The van der Waals surface area contributed by atoms with Gasteiger partial charge in [0.1, 0.15) is 5.69 Å². The summed E-state index contributed by atoms with van der Waals surface area (Å²) in [6.45, 7) is 2.38. The molecule has 7 nitrogen and oxygen atoms in total. The Morgan fingerprint density at radius 3 is 2.80 bits per heavy atom. The maximum absolute atomic E-state index is 12.8. The Balaban J connectivity index is 1.53. The zero-order valence-electron chi connectivity index (χ0n) is 16.0. The average Bonchev–Trinajstić information content (AvgIpc) is 3.22. The predicted molar refractivity (Wildman–Crippen MR) is 114 cm³/mol. The summed E-state index contributed by atoms with van der Waals surface area (Å²) in [5.74, 6) is 0.0142. The molecule has 1 aromatic carbocycles. The lowest BCUT2D eigenvalue weighted by molar-refractivity contribution is 0.0303.